The molecule has 16 nitrogen and oxygen atoms in total. The van der Waals surface area contributed by atoms with Crippen LogP contribution in [0.1, 0.15) is 143 Å². The lowest BCUT2D eigenvalue weighted by Gasteiger charge is -2.56. The Morgan fingerprint density at radius 1 is 0.429 bits per heavy atom. The Labute approximate surface area is 424 Å². The zero-order valence-electron chi connectivity index (χ0n) is 45.6. The van der Waals surface area contributed by atoms with Crippen LogP contribution in [0.2, 0.25) is 0 Å². The predicted molar refractivity (Wildman–Crippen MR) is 278 cm³/mol. The highest BCUT2D eigenvalue weighted by Crippen LogP contribution is 2.40. The molecule has 12 aliphatic heterocycles. The van der Waals surface area contributed by atoms with E-state index in [1.165, 1.54) is 4.31 Å². The summed E-state index contributed by atoms with van der Waals surface area (Å²) in [5.41, 5.74) is -0.166. The lowest BCUT2D eigenvalue weighted by Crippen LogP contribution is -2.71. The molecule has 70 heavy (non-hydrogen) atoms. The third-order valence-electron chi connectivity index (χ3n) is 15.5. The molecule has 0 aromatic carbocycles. The average molecular weight is 1080 g/mol. The minimum absolute atomic E-state index is 0.113. The summed E-state index contributed by atoms with van der Waals surface area (Å²) in [6.07, 6.45) is 4.66. The molecule has 22 heteroatoms. The number of rotatable bonds is 15. The van der Waals surface area contributed by atoms with Gasteiger partial charge < -0.3 is 0 Å². The maximum absolute atomic E-state index is 12.9. The van der Waals surface area contributed by atoms with E-state index in [1.807, 2.05) is 48.5 Å². The Balaban J connectivity index is 0.000000174. The number of piperazine rings is 4. The first-order valence-electron chi connectivity index (χ1n) is 26.3. The molecule has 0 amide bonds. The zero-order chi connectivity index (χ0) is 53.0. The van der Waals surface area contributed by atoms with E-state index in [0.717, 1.165) is 65.0 Å². The predicted octanol–water partition coefficient (Wildman–Crippen LogP) is 5.09. The number of hydrogen-bond donors (Lipinski definition) is 0. The van der Waals surface area contributed by atoms with Crippen molar-refractivity contribution in [2.75, 3.05) is 69.6 Å². The van der Waals surface area contributed by atoms with Gasteiger partial charge in [0.2, 0.25) is 40.1 Å². The molecule has 0 radical (unpaired) electrons. The zero-order valence-corrected chi connectivity index (χ0v) is 48.9. The van der Waals surface area contributed by atoms with E-state index >= 15 is 0 Å². The second kappa shape index (κ2) is 22.5. The number of fused-ring (bicyclic) bond motifs is 8. The molecular weight excluding hydrogens is 983 g/mol. The van der Waals surface area contributed by atoms with Crippen LogP contribution in [0.5, 0.6) is 0 Å². The van der Waals surface area contributed by atoms with Gasteiger partial charge >= 0.3 is 0 Å². The fourth-order valence-corrected chi connectivity index (χ4v) is 20.5. The second-order valence-corrected chi connectivity index (χ2v) is 32.7. The van der Waals surface area contributed by atoms with Gasteiger partial charge in [-0.2, -0.15) is 17.2 Å². The van der Waals surface area contributed by atoms with Crippen molar-refractivity contribution in [2.24, 2.45) is 11.3 Å². The quantitative estimate of drug-likeness (QED) is 0.214. The molecule has 0 aliphatic carbocycles. The third kappa shape index (κ3) is 14.2. The maximum Gasteiger partial charge on any atom is 0.260 e. The Hall–Kier alpha value is -0.660. The van der Waals surface area contributed by atoms with Crippen molar-refractivity contribution in [2.45, 2.75) is 227 Å². The van der Waals surface area contributed by atoms with Gasteiger partial charge in [0, 0.05) is 132 Å². The van der Waals surface area contributed by atoms with Gasteiger partial charge in [-0.3, -0.25) is 19.6 Å². The van der Waals surface area contributed by atoms with Crippen molar-refractivity contribution in [3.63, 3.8) is 0 Å². The summed E-state index contributed by atoms with van der Waals surface area (Å²) in [4.78, 5) is 9.37. The molecule has 12 fully saturated rings. The van der Waals surface area contributed by atoms with E-state index in [-0.39, 0.29) is 70.7 Å². The minimum Gasteiger partial charge on any atom is -0.298 e. The van der Waals surface area contributed by atoms with Crippen LogP contribution in [0.25, 0.3) is 0 Å². The van der Waals surface area contributed by atoms with E-state index in [2.05, 4.69) is 75.0 Å². The molecule has 8 bridgehead atoms. The van der Waals surface area contributed by atoms with Crippen LogP contribution in [-0.4, -0.2) is 224 Å². The Kier molecular flexibility index (Phi) is 19.4. The van der Waals surface area contributed by atoms with Gasteiger partial charge in [0.25, 0.3) is 5.92 Å². The van der Waals surface area contributed by atoms with E-state index in [1.54, 1.807) is 12.9 Å². The summed E-state index contributed by atoms with van der Waals surface area (Å²) >= 11 is 0. The molecule has 0 N–H and O–H groups in total. The molecular formula is C48H94F2N8O8S4. The highest BCUT2D eigenvalue weighted by atomic mass is 32.2. The second-order valence-electron chi connectivity index (χ2n) is 24.8. The molecule has 0 saturated carbocycles. The topological polar surface area (TPSA) is 162 Å². The smallest absolute Gasteiger partial charge is 0.260 e. The van der Waals surface area contributed by atoms with Crippen molar-refractivity contribution in [1.29, 1.82) is 0 Å². The largest absolute Gasteiger partial charge is 0.298 e. The van der Waals surface area contributed by atoms with E-state index in [0.29, 0.717) is 56.4 Å². The van der Waals surface area contributed by atoms with Crippen LogP contribution < -0.4 is 0 Å². The van der Waals surface area contributed by atoms with Gasteiger partial charge in [-0.1, -0.05) is 41.5 Å². The Morgan fingerprint density at radius 2 is 0.686 bits per heavy atom. The molecule has 12 saturated heterocycles. The molecule has 12 heterocycles. The Morgan fingerprint density at radius 3 is 0.914 bits per heavy atom. The maximum atomic E-state index is 12.9. The van der Waals surface area contributed by atoms with Crippen molar-refractivity contribution < 1.29 is 42.5 Å². The Bertz CT molecular complexity index is 2080. The van der Waals surface area contributed by atoms with E-state index < -0.39 is 51.8 Å². The summed E-state index contributed by atoms with van der Waals surface area (Å²) in [5.74, 6) is -3.48. The number of nitrogens with zero attached hydrogens (tertiary/aromatic N) is 8. The van der Waals surface area contributed by atoms with Crippen LogP contribution in [0, 0.1) is 11.3 Å². The van der Waals surface area contributed by atoms with Crippen molar-refractivity contribution in [1.82, 2.24) is 36.8 Å². The summed E-state index contributed by atoms with van der Waals surface area (Å²) in [6, 6.07) is 3.08. The molecule has 9 atom stereocenters. The molecule has 12 rings (SSSR count). The fraction of sp³-hybridized carbons (Fsp3) is 1.00. The van der Waals surface area contributed by atoms with Crippen molar-refractivity contribution >= 4 is 40.1 Å². The van der Waals surface area contributed by atoms with Gasteiger partial charge in [-0.05, 0) is 106 Å². The average Bonchev–Trinajstić information content (AvgIpc) is 3.18. The number of alkyl halides is 2. The van der Waals surface area contributed by atoms with Crippen LogP contribution in [-0.2, 0) is 40.1 Å². The number of hydrogen-bond acceptors (Lipinski definition) is 12. The monoisotopic (exact) mass is 1080 g/mol. The lowest BCUT2D eigenvalue weighted by molar-refractivity contribution is -0.0231. The first-order chi connectivity index (χ1) is 31.9. The standard InChI is InChI=1S/C13H26N2O2S.2C12H24N2O2S.C11H20F2N2O2S/c1-10(2)14-7-11-6-12(8-14)15(11)18(16,17)9-13(3,4)5;1-9(2)8-17(15,16)14-11-5-12(14)7-13(6-11)10(3)4;1-5-10(4)17(15,16)14-11-6-12(14)8-13(7-11)9(2)3;1-8(2)14-5-9-4-10(6-14)15(9)18(16,17)7-11(3,12)13/h10-12H,6-9H2,1-5H3;2*9-12H,5-8H2,1-4H3;8-10H,4-7H2,1-3H3. The first-order valence-corrected chi connectivity index (χ1v) is 32.6. The first kappa shape index (κ1) is 60.2. The van der Waals surface area contributed by atoms with Gasteiger partial charge in [-0.25, -0.2) is 42.5 Å². The van der Waals surface area contributed by atoms with Gasteiger partial charge in [0.15, 0.2) is 0 Å². The number of sulfonamides is 4. The van der Waals surface area contributed by atoms with Gasteiger partial charge in [-0.15, -0.1) is 0 Å². The molecule has 0 aromatic heterocycles. The third-order valence-corrected chi connectivity index (χ3v) is 24.9. The van der Waals surface area contributed by atoms with Crippen LogP contribution in [0.4, 0.5) is 8.78 Å². The van der Waals surface area contributed by atoms with E-state index in [9.17, 15) is 42.5 Å². The van der Waals surface area contributed by atoms with Crippen molar-refractivity contribution in [3.05, 3.63) is 0 Å². The van der Waals surface area contributed by atoms with Crippen LogP contribution in [0.15, 0.2) is 0 Å². The lowest BCUT2D eigenvalue weighted by atomic mass is 9.90. The van der Waals surface area contributed by atoms with E-state index in [4.69, 9.17) is 0 Å². The van der Waals surface area contributed by atoms with Crippen molar-refractivity contribution in [3.8, 4) is 0 Å². The van der Waals surface area contributed by atoms with Crippen LogP contribution in [0.3, 0.4) is 0 Å². The molecule has 412 valence electrons. The van der Waals surface area contributed by atoms with Crippen LogP contribution >= 0.6 is 0 Å². The number of piperidine rings is 4. The number of halogens is 2. The normalized spacial score (nSPS) is 31.1. The highest BCUT2D eigenvalue weighted by molar-refractivity contribution is 7.90. The minimum atomic E-state index is -3.83. The fourth-order valence-electron chi connectivity index (χ4n) is 11.8. The summed E-state index contributed by atoms with van der Waals surface area (Å²) < 4.78 is 130. The SMILES string of the molecule is CC(C)CS(=O)(=O)N1C2CC1CN(C(C)C)C2.CC(C)N1CC2CC(C1)N2S(=O)(=O)CC(C)(C)C.CC(C)N1CC2CC(C1)N2S(=O)(=O)CC(C)(F)F.CCC(C)S(=O)(=O)N1C2CC1CN(C(C)C)C2. The molecule has 12 aliphatic rings. The van der Waals surface area contributed by atoms with Gasteiger partial charge in [0.05, 0.1) is 16.8 Å². The summed E-state index contributed by atoms with van der Waals surface area (Å²) in [7, 11) is -13.0. The highest BCUT2D eigenvalue weighted by Gasteiger charge is 2.55. The van der Waals surface area contributed by atoms with Gasteiger partial charge in [0.1, 0.15) is 5.75 Å². The summed E-state index contributed by atoms with van der Waals surface area (Å²) in [6.45, 7) is 38.2. The molecule has 0 spiro atoms. The molecule has 0 aromatic rings. The molecule has 9 unspecified atom stereocenters. The summed E-state index contributed by atoms with van der Waals surface area (Å²) in [5, 5.41) is -0.238.